The lowest BCUT2D eigenvalue weighted by Crippen LogP contribution is -2.52. The van der Waals surface area contributed by atoms with E-state index in [-0.39, 0.29) is 17.4 Å². The first-order chi connectivity index (χ1) is 9.36. The van der Waals surface area contributed by atoms with Crippen LogP contribution in [0.2, 0.25) is 0 Å². The summed E-state index contributed by atoms with van der Waals surface area (Å²) in [6.07, 6.45) is 4.14. The number of hydrogen-bond donors (Lipinski definition) is 2. The zero-order valence-corrected chi connectivity index (χ0v) is 13.5. The first kappa shape index (κ1) is 15.8. The van der Waals surface area contributed by atoms with Crippen LogP contribution in [-0.4, -0.2) is 48.1 Å². The smallest absolute Gasteiger partial charge is 0.223 e. The molecule has 4 nitrogen and oxygen atoms in total. The van der Waals surface area contributed by atoms with E-state index in [9.17, 15) is 4.79 Å². The van der Waals surface area contributed by atoms with Crippen molar-refractivity contribution in [2.45, 2.75) is 71.0 Å². The first-order valence-corrected chi connectivity index (χ1v) is 8.15. The van der Waals surface area contributed by atoms with E-state index >= 15 is 0 Å². The maximum absolute atomic E-state index is 12.3. The lowest BCUT2D eigenvalue weighted by molar-refractivity contribution is -0.127. The zero-order valence-electron chi connectivity index (χ0n) is 13.5. The molecule has 2 aliphatic rings. The van der Waals surface area contributed by atoms with Crippen LogP contribution in [0.3, 0.4) is 0 Å². The highest BCUT2D eigenvalue weighted by Gasteiger charge is 2.30. The van der Waals surface area contributed by atoms with Crippen LogP contribution in [-0.2, 0) is 4.79 Å². The van der Waals surface area contributed by atoms with Gasteiger partial charge < -0.3 is 10.6 Å². The van der Waals surface area contributed by atoms with Gasteiger partial charge in [-0.15, -0.1) is 0 Å². The summed E-state index contributed by atoms with van der Waals surface area (Å²) in [5.74, 6) is 0.499. The highest BCUT2D eigenvalue weighted by Crippen LogP contribution is 2.21. The van der Waals surface area contributed by atoms with Crippen LogP contribution in [0.5, 0.6) is 0 Å². The molecule has 2 heterocycles. The number of piperidine rings is 2. The molecular formula is C16H31N3O. The van der Waals surface area contributed by atoms with Crippen LogP contribution in [0.1, 0.15) is 53.4 Å². The van der Waals surface area contributed by atoms with Crippen molar-refractivity contribution >= 4 is 5.91 Å². The molecule has 20 heavy (non-hydrogen) atoms. The molecule has 0 saturated carbocycles. The third-order valence-electron chi connectivity index (χ3n) is 4.78. The van der Waals surface area contributed by atoms with E-state index in [4.69, 9.17) is 0 Å². The van der Waals surface area contributed by atoms with Gasteiger partial charge in [0.05, 0.1) is 0 Å². The Bertz CT molecular complexity index is 329. The third kappa shape index (κ3) is 4.19. The average Bonchev–Trinajstić information content (AvgIpc) is 2.38. The van der Waals surface area contributed by atoms with E-state index in [1.54, 1.807) is 0 Å². The fraction of sp³-hybridized carbons (Fsp3) is 0.938. The molecule has 0 aromatic heterocycles. The topological polar surface area (TPSA) is 44.4 Å². The highest BCUT2D eigenvalue weighted by molar-refractivity contribution is 5.79. The second-order valence-corrected chi connectivity index (χ2v) is 7.52. The molecule has 0 spiro atoms. The summed E-state index contributed by atoms with van der Waals surface area (Å²) in [5, 5.41) is 6.69. The van der Waals surface area contributed by atoms with Crippen molar-refractivity contribution in [3.05, 3.63) is 0 Å². The van der Waals surface area contributed by atoms with Crippen LogP contribution in [0.15, 0.2) is 0 Å². The molecule has 2 atom stereocenters. The molecule has 2 saturated heterocycles. The maximum Gasteiger partial charge on any atom is 0.223 e. The number of rotatable bonds is 2. The zero-order chi connectivity index (χ0) is 14.8. The number of carbonyl (C=O) groups excluding carboxylic acids is 1. The van der Waals surface area contributed by atoms with Crippen molar-refractivity contribution < 1.29 is 4.79 Å². The largest absolute Gasteiger partial charge is 0.353 e. The van der Waals surface area contributed by atoms with Gasteiger partial charge in [0.2, 0.25) is 5.91 Å². The predicted molar refractivity (Wildman–Crippen MR) is 82.7 cm³/mol. The minimum Gasteiger partial charge on any atom is -0.353 e. The first-order valence-electron chi connectivity index (χ1n) is 8.15. The minimum atomic E-state index is 0.215. The summed E-state index contributed by atoms with van der Waals surface area (Å²) < 4.78 is 0. The van der Waals surface area contributed by atoms with E-state index < -0.39 is 0 Å². The summed E-state index contributed by atoms with van der Waals surface area (Å²) in [5.41, 5.74) is 0.249. The predicted octanol–water partition coefficient (Wildman–Crippen LogP) is 1.75. The van der Waals surface area contributed by atoms with E-state index in [0.717, 1.165) is 45.3 Å². The molecule has 0 aliphatic carbocycles. The van der Waals surface area contributed by atoms with Gasteiger partial charge in [-0.25, -0.2) is 0 Å². The number of likely N-dealkylation sites (tertiary alicyclic amines) is 1. The molecular weight excluding hydrogens is 250 g/mol. The van der Waals surface area contributed by atoms with Crippen molar-refractivity contribution in [2.75, 3.05) is 19.6 Å². The molecule has 0 radical (unpaired) electrons. The van der Waals surface area contributed by atoms with Crippen LogP contribution >= 0.6 is 0 Å². The van der Waals surface area contributed by atoms with Gasteiger partial charge >= 0.3 is 0 Å². The van der Waals surface area contributed by atoms with Gasteiger partial charge in [-0.05, 0) is 59.9 Å². The monoisotopic (exact) mass is 281 g/mol. The van der Waals surface area contributed by atoms with Gasteiger partial charge in [0.25, 0.3) is 0 Å². The van der Waals surface area contributed by atoms with Gasteiger partial charge in [-0.2, -0.15) is 0 Å². The Hall–Kier alpha value is -0.610. The van der Waals surface area contributed by atoms with Crippen molar-refractivity contribution in [1.29, 1.82) is 0 Å². The quantitative estimate of drug-likeness (QED) is 0.810. The minimum absolute atomic E-state index is 0.215. The van der Waals surface area contributed by atoms with Crippen LogP contribution in [0, 0.1) is 5.92 Å². The molecule has 0 bridgehead atoms. The fourth-order valence-electron chi connectivity index (χ4n) is 3.38. The molecule has 116 valence electrons. The SMILES string of the molecule is C[C@H]1C[C@@H](C(=O)NC2CCN(C(C)(C)C)CC2)CCN1. The normalized spacial score (nSPS) is 30.2. The summed E-state index contributed by atoms with van der Waals surface area (Å²) in [4.78, 5) is 14.9. The van der Waals surface area contributed by atoms with Gasteiger partial charge in [-0.1, -0.05) is 0 Å². The van der Waals surface area contributed by atoms with Crippen LogP contribution in [0.25, 0.3) is 0 Å². The number of hydrogen-bond acceptors (Lipinski definition) is 3. The molecule has 4 heteroatoms. The second-order valence-electron chi connectivity index (χ2n) is 7.52. The van der Waals surface area contributed by atoms with Crippen molar-refractivity contribution in [3.8, 4) is 0 Å². The Labute approximate surface area is 123 Å². The number of carbonyl (C=O) groups is 1. The number of nitrogens with one attached hydrogen (secondary N) is 2. The molecule has 2 rings (SSSR count). The maximum atomic E-state index is 12.3. The number of nitrogens with zero attached hydrogens (tertiary/aromatic N) is 1. The standard InChI is InChI=1S/C16H31N3O/c1-12-11-13(5-8-17-12)15(20)18-14-6-9-19(10-7-14)16(2,3)4/h12-14,17H,5-11H2,1-4H3,(H,18,20)/t12-,13-/m0/s1. The van der Waals surface area contributed by atoms with Gasteiger partial charge in [-0.3, -0.25) is 9.69 Å². The Morgan fingerprint density at radius 1 is 1.20 bits per heavy atom. The van der Waals surface area contributed by atoms with Crippen molar-refractivity contribution in [3.63, 3.8) is 0 Å². The van der Waals surface area contributed by atoms with Gasteiger partial charge in [0, 0.05) is 36.6 Å². The third-order valence-corrected chi connectivity index (χ3v) is 4.78. The Morgan fingerprint density at radius 2 is 1.85 bits per heavy atom. The van der Waals surface area contributed by atoms with E-state index in [0.29, 0.717) is 12.1 Å². The lowest BCUT2D eigenvalue weighted by Gasteiger charge is -2.41. The Morgan fingerprint density at radius 3 is 2.40 bits per heavy atom. The van der Waals surface area contributed by atoms with Crippen molar-refractivity contribution in [2.24, 2.45) is 5.92 Å². The molecule has 2 N–H and O–H groups in total. The lowest BCUT2D eigenvalue weighted by atomic mass is 9.91. The second kappa shape index (κ2) is 6.44. The summed E-state index contributed by atoms with van der Waals surface area (Å²) >= 11 is 0. The van der Waals surface area contributed by atoms with E-state index in [2.05, 4.69) is 43.2 Å². The van der Waals surface area contributed by atoms with Gasteiger partial charge in [0.1, 0.15) is 0 Å². The summed E-state index contributed by atoms with van der Waals surface area (Å²) in [7, 11) is 0. The Kier molecular flexibility index (Phi) is 5.08. The molecule has 0 unspecified atom stereocenters. The average molecular weight is 281 g/mol. The van der Waals surface area contributed by atoms with Gasteiger partial charge in [0.15, 0.2) is 0 Å². The summed E-state index contributed by atoms with van der Waals surface area (Å²) in [6, 6.07) is 0.855. The molecule has 2 aliphatic heterocycles. The Balaban J connectivity index is 1.76. The molecule has 0 aromatic rings. The fourth-order valence-corrected chi connectivity index (χ4v) is 3.38. The number of amides is 1. The van der Waals surface area contributed by atoms with E-state index in [1.807, 2.05) is 0 Å². The van der Waals surface area contributed by atoms with Crippen LogP contribution < -0.4 is 10.6 Å². The molecule has 1 amide bonds. The summed E-state index contributed by atoms with van der Waals surface area (Å²) in [6.45, 7) is 12.1. The highest BCUT2D eigenvalue weighted by atomic mass is 16.1. The molecule has 0 aromatic carbocycles. The van der Waals surface area contributed by atoms with Crippen LogP contribution in [0.4, 0.5) is 0 Å². The molecule has 2 fully saturated rings. The van der Waals surface area contributed by atoms with E-state index in [1.165, 1.54) is 0 Å². The van der Waals surface area contributed by atoms with Crippen molar-refractivity contribution in [1.82, 2.24) is 15.5 Å².